The van der Waals surface area contributed by atoms with Crippen LogP contribution in [0.3, 0.4) is 0 Å². The van der Waals surface area contributed by atoms with Gasteiger partial charge in [0.05, 0.1) is 6.26 Å². The van der Waals surface area contributed by atoms with E-state index in [0.717, 1.165) is 11.3 Å². The smallest absolute Gasteiger partial charge is 0.294 e. The molecule has 60 valence electrons. The average Bonchev–Trinajstić information content (AvgIpc) is 2.36. The largest absolute Gasteiger partial charge is 0.469 e. The van der Waals surface area contributed by atoms with Crippen molar-refractivity contribution in [2.24, 2.45) is 0 Å². The van der Waals surface area contributed by atoms with Crippen molar-refractivity contribution in [3.05, 3.63) is 23.7 Å². The summed E-state index contributed by atoms with van der Waals surface area (Å²) in [4.78, 5) is 9.94. The zero-order chi connectivity index (χ0) is 8.27. The van der Waals surface area contributed by atoms with Crippen LogP contribution in [0.25, 0.3) is 0 Å². The molecule has 0 saturated carbocycles. The van der Waals surface area contributed by atoms with Gasteiger partial charge < -0.3 is 9.15 Å². The van der Waals surface area contributed by atoms with Crippen molar-refractivity contribution in [3.63, 3.8) is 0 Å². The third kappa shape index (κ3) is 1.83. The Morgan fingerprint density at radius 1 is 1.82 bits per heavy atom. The Morgan fingerprint density at radius 3 is 3.00 bits per heavy atom. The number of halogens is 1. The summed E-state index contributed by atoms with van der Waals surface area (Å²) in [5, 5.41) is -0.404. The van der Waals surface area contributed by atoms with Crippen molar-refractivity contribution in [2.45, 2.75) is 11.9 Å². The van der Waals surface area contributed by atoms with Crippen LogP contribution in [0.1, 0.15) is 16.3 Å². The molecule has 0 aliphatic rings. The van der Waals surface area contributed by atoms with Crippen LogP contribution in [0.15, 0.2) is 16.7 Å². The lowest BCUT2D eigenvalue weighted by atomic mass is 10.3. The minimum Gasteiger partial charge on any atom is -0.469 e. The molecule has 1 aromatic rings. The summed E-state index contributed by atoms with van der Waals surface area (Å²) in [5.74, 6) is 0.744. The van der Waals surface area contributed by atoms with Gasteiger partial charge in [-0.05, 0) is 28.9 Å². The van der Waals surface area contributed by atoms with Crippen LogP contribution in [-0.4, -0.2) is 6.47 Å². The number of carbonyl (C=O) groups is 1. The van der Waals surface area contributed by atoms with E-state index in [9.17, 15) is 4.79 Å². The predicted molar refractivity (Wildman–Crippen MR) is 42.3 cm³/mol. The van der Waals surface area contributed by atoms with Gasteiger partial charge in [-0.2, -0.15) is 0 Å². The molecule has 0 aliphatic carbocycles. The Kier molecular flexibility index (Phi) is 2.70. The standard InChI is InChI=1S/C7H7BrO3/c1-5-6(2-3-10-5)7(8)11-4-9/h2-4,7H,1H3. The summed E-state index contributed by atoms with van der Waals surface area (Å²) in [7, 11) is 0. The first-order valence-corrected chi connectivity index (χ1v) is 3.94. The maximum atomic E-state index is 9.94. The number of carbonyl (C=O) groups excluding carboxylic acids is 1. The molecule has 4 heteroatoms. The van der Waals surface area contributed by atoms with E-state index >= 15 is 0 Å². The second-order valence-corrected chi connectivity index (χ2v) is 2.81. The molecule has 1 unspecified atom stereocenters. The number of hydrogen-bond acceptors (Lipinski definition) is 3. The first kappa shape index (κ1) is 8.33. The molecule has 0 radical (unpaired) electrons. The topological polar surface area (TPSA) is 39.4 Å². The van der Waals surface area contributed by atoms with E-state index in [2.05, 4.69) is 20.7 Å². The zero-order valence-corrected chi connectivity index (χ0v) is 7.50. The van der Waals surface area contributed by atoms with E-state index < -0.39 is 5.01 Å². The molecule has 3 nitrogen and oxygen atoms in total. The molecule has 0 aromatic carbocycles. The van der Waals surface area contributed by atoms with Gasteiger partial charge in [-0.25, -0.2) is 0 Å². The van der Waals surface area contributed by atoms with Gasteiger partial charge in [-0.3, -0.25) is 4.79 Å². The molecule has 1 heterocycles. The highest BCUT2D eigenvalue weighted by Crippen LogP contribution is 2.26. The number of alkyl halides is 1. The number of ether oxygens (including phenoxy) is 1. The summed E-state index contributed by atoms with van der Waals surface area (Å²) in [6.07, 6.45) is 1.55. The molecule has 1 aromatic heterocycles. The van der Waals surface area contributed by atoms with E-state index in [-0.39, 0.29) is 0 Å². The van der Waals surface area contributed by atoms with E-state index in [1.807, 2.05) is 0 Å². The molecule has 0 aliphatic heterocycles. The minimum atomic E-state index is -0.404. The quantitative estimate of drug-likeness (QED) is 0.577. The van der Waals surface area contributed by atoms with Crippen molar-refractivity contribution in [1.29, 1.82) is 0 Å². The molecule has 0 saturated heterocycles. The molecule has 1 rings (SSSR count). The lowest BCUT2D eigenvalue weighted by molar-refractivity contribution is -0.129. The van der Waals surface area contributed by atoms with Gasteiger partial charge in [0.2, 0.25) is 0 Å². The van der Waals surface area contributed by atoms with Crippen LogP contribution in [0, 0.1) is 6.92 Å². The predicted octanol–water partition coefficient (Wildman–Crippen LogP) is 2.15. The molecule has 0 bridgehead atoms. The molecule has 0 fully saturated rings. The molecular formula is C7H7BrO3. The molecule has 11 heavy (non-hydrogen) atoms. The maximum Gasteiger partial charge on any atom is 0.294 e. The highest BCUT2D eigenvalue weighted by molar-refractivity contribution is 9.09. The van der Waals surface area contributed by atoms with Crippen molar-refractivity contribution < 1.29 is 13.9 Å². The highest BCUT2D eigenvalue weighted by Gasteiger charge is 2.11. The Bertz CT molecular complexity index is 244. The van der Waals surface area contributed by atoms with Crippen LogP contribution >= 0.6 is 15.9 Å². The van der Waals surface area contributed by atoms with Gasteiger partial charge in [0, 0.05) is 5.56 Å². The van der Waals surface area contributed by atoms with Crippen LogP contribution in [0.5, 0.6) is 0 Å². The summed E-state index contributed by atoms with van der Waals surface area (Å²) in [5.41, 5.74) is 0.831. The normalized spacial score (nSPS) is 12.5. The molecule has 0 spiro atoms. The van der Waals surface area contributed by atoms with Gasteiger partial charge >= 0.3 is 0 Å². The van der Waals surface area contributed by atoms with Crippen LogP contribution in [0.2, 0.25) is 0 Å². The van der Waals surface area contributed by atoms with Crippen LogP contribution in [-0.2, 0) is 9.53 Å². The maximum absolute atomic E-state index is 9.94. The van der Waals surface area contributed by atoms with Gasteiger partial charge in [0.25, 0.3) is 6.47 Å². The average molecular weight is 219 g/mol. The fourth-order valence-corrected chi connectivity index (χ4v) is 1.32. The van der Waals surface area contributed by atoms with E-state index in [0.29, 0.717) is 6.47 Å². The fourth-order valence-electron chi connectivity index (χ4n) is 0.752. The van der Waals surface area contributed by atoms with Crippen molar-refractivity contribution in [1.82, 2.24) is 0 Å². The minimum absolute atomic E-state index is 0.395. The van der Waals surface area contributed by atoms with Crippen molar-refractivity contribution >= 4 is 22.4 Å². The number of aryl methyl sites for hydroxylation is 1. The lowest BCUT2D eigenvalue weighted by Gasteiger charge is -2.04. The Morgan fingerprint density at radius 2 is 2.55 bits per heavy atom. The number of hydrogen-bond donors (Lipinski definition) is 0. The Hall–Kier alpha value is -0.770. The SMILES string of the molecule is Cc1occc1C(Br)OC=O. The van der Waals surface area contributed by atoms with E-state index in [1.54, 1.807) is 19.3 Å². The van der Waals surface area contributed by atoms with E-state index in [4.69, 9.17) is 4.42 Å². The van der Waals surface area contributed by atoms with Gasteiger partial charge in [-0.15, -0.1) is 0 Å². The first-order chi connectivity index (χ1) is 5.25. The van der Waals surface area contributed by atoms with Crippen LogP contribution < -0.4 is 0 Å². The molecular weight excluding hydrogens is 212 g/mol. The zero-order valence-electron chi connectivity index (χ0n) is 5.91. The van der Waals surface area contributed by atoms with E-state index in [1.165, 1.54) is 0 Å². The molecule has 0 N–H and O–H groups in total. The third-order valence-corrected chi connectivity index (χ3v) is 2.03. The second-order valence-electron chi connectivity index (χ2n) is 1.98. The fraction of sp³-hybridized carbons (Fsp3) is 0.286. The summed E-state index contributed by atoms with van der Waals surface area (Å²) in [6, 6.07) is 1.75. The Labute approximate surface area is 72.5 Å². The van der Waals surface area contributed by atoms with Crippen LogP contribution in [0.4, 0.5) is 0 Å². The monoisotopic (exact) mass is 218 g/mol. The molecule has 0 amide bonds. The van der Waals surface area contributed by atoms with Gasteiger partial charge in [0.15, 0.2) is 5.01 Å². The summed E-state index contributed by atoms with van der Waals surface area (Å²) < 4.78 is 9.65. The second kappa shape index (κ2) is 3.57. The highest BCUT2D eigenvalue weighted by atomic mass is 79.9. The summed E-state index contributed by atoms with van der Waals surface area (Å²) in [6.45, 7) is 2.20. The van der Waals surface area contributed by atoms with Crippen molar-refractivity contribution in [3.8, 4) is 0 Å². The third-order valence-electron chi connectivity index (χ3n) is 1.32. The molecule has 1 atom stereocenters. The number of furan rings is 1. The van der Waals surface area contributed by atoms with Gasteiger partial charge in [0.1, 0.15) is 5.76 Å². The number of rotatable bonds is 3. The van der Waals surface area contributed by atoms with Crippen molar-refractivity contribution in [2.75, 3.05) is 0 Å². The van der Waals surface area contributed by atoms with Gasteiger partial charge in [-0.1, -0.05) is 0 Å². The Balaban J connectivity index is 2.74. The lowest BCUT2D eigenvalue weighted by Crippen LogP contribution is -1.94. The first-order valence-electron chi connectivity index (χ1n) is 3.03. The summed E-state index contributed by atoms with van der Waals surface area (Å²) >= 11 is 3.16.